The second kappa shape index (κ2) is 7.77. The second-order valence-electron chi connectivity index (χ2n) is 6.26. The van der Waals surface area contributed by atoms with Crippen molar-refractivity contribution in [1.82, 2.24) is 20.9 Å². The average molecular weight is 422 g/mol. The van der Waals surface area contributed by atoms with Crippen molar-refractivity contribution < 1.29 is 14.4 Å². The third-order valence-electron chi connectivity index (χ3n) is 4.39. The molecule has 0 spiro atoms. The lowest BCUT2D eigenvalue weighted by Crippen LogP contribution is -2.62. The number of fused-ring (bicyclic) bond motifs is 1. The third-order valence-corrected chi connectivity index (χ3v) is 4.88. The Balaban J connectivity index is 1.59. The number of carbonyl (C=O) groups excluding carboxylic acids is 3. The van der Waals surface area contributed by atoms with E-state index in [0.29, 0.717) is 25.8 Å². The summed E-state index contributed by atoms with van der Waals surface area (Å²) in [5.41, 5.74) is 6.93. The number of benzene rings is 1. The summed E-state index contributed by atoms with van der Waals surface area (Å²) in [5.74, 6) is -0.416. The van der Waals surface area contributed by atoms with Crippen LogP contribution in [0.1, 0.15) is 18.4 Å². The van der Waals surface area contributed by atoms with E-state index >= 15 is 0 Å². The normalized spacial score (nSPS) is 19.9. The number of hydrogen-bond donors (Lipinski definition) is 5. The van der Waals surface area contributed by atoms with E-state index < -0.39 is 18.1 Å². The highest BCUT2D eigenvalue weighted by Crippen LogP contribution is 2.23. The molecule has 1 fully saturated rings. The molecule has 4 amide bonds. The molecule has 1 saturated heterocycles. The minimum atomic E-state index is -0.606. The molecule has 1 aromatic heterocycles. The monoisotopic (exact) mass is 421 g/mol. The molecule has 1 aromatic carbocycles. The standard InChI is InChI=1S/C17H20BrN5O3/c18-10-3-4-11-9(8-21-13(11)7-10)6-14-16(25)22-12(15(24)23-14)2-1-5-20-17(19)26/h3-4,7-8,12,14,21H,1-2,5-6H2,(H,22,25)(H,23,24)(H3,19,20,26). The molecule has 8 nitrogen and oxygen atoms in total. The fourth-order valence-electron chi connectivity index (χ4n) is 3.09. The molecule has 26 heavy (non-hydrogen) atoms. The lowest BCUT2D eigenvalue weighted by molar-refractivity contribution is -0.136. The number of hydrogen-bond acceptors (Lipinski definition) is 3. The van der Waals surface area contributed by atoms with Gasteiger partial charge < -0.3 is 26.7 Å². The van der Waals surface area contributed by atoms with Gasteiger partial charge in [-0.25, -0.2) is 4.79 Å². The fourth-order valence-corrected chi connectivity index (χ4v) is 3.45. The number of amides is 4. The summed E-state index contributed by atoms with van der Waals surface area (Å²) in [4.78, 5) is 38.4. The van der Waals surface area contributed by atoms with Crippen LogP contribution in [0.15, 0.2) is 28.9 Å². The topological polar surface area (TPSA) is 129 Å². The highest BCUT2D eigenvalue weighted by molar-refractivity contribution is 9.10. The summed E-state index contributed by atoms with van der Waals surface area (Å²) in [5, 5.41) is 9.04. The van der Waals surface area contributed by atoms with E-state index in [1.165, 1.54) is 0 Å². The maximum atomic E-state index is 12.4. The summed E-state index contributed by atoms with van der Waals surface area (Å²) < 4.78 is 0.968. The first-order chi connectivity index (χ1) is 12.4. The van der Waals surface area contributed by atoms with Crippen molar-refractivity contribution in [1.29, 1.82) is 0 Å². The minimum absolute atomic E-state index is 0.205. The highest BCUT2D eigenvalue weighted by atomic mass is 79.9. The molecule has 9 heteroatoms. The van der Waals surface area contributed by atoms with Crippen molar-refractivity contribution in [2.45, 2.75) is 31.3 Å². The molecule has 2 heterocycles. The number of nitrogens with two attached hydrogens (primary N) is 1. The van der Waals surface area contributed by atoms with Gasteiger partial charge in [-0.3, -0.25) is 9.59 Å². The number of rotatable bonds is 6. The largest absolute Gasteiger partial charge is 0.361 e. The van der Waals surface area contributed by atoms with Gasteiger partial charge in [0.15, 0.2) is 0 Å². The molecule has 1 aliphatic heterocycles. The van der Waals surface area contributed by atoms with Crippen LogP contribution >= 0.6 is 15.9 Å². The van der Waals surface area contributed by atoms with Crippen LogP contribution in [0.4, 0.5) is 4.79 Å². The lowest BCUT2D eigenvalue weighted by Gasteiger charge is -2.29. The van der Waals surface area contributed by atoms with Gasteiger partial charge in [-0.05, 0) is 30.5 Å². The SMILES string of the molecule is NC(=O)NCCCC1NC(=O)C(Cc2c[nH]c3cc(Br)ccc23)NC1=O. The summed E-state index contributed by atoms with van der Waals surface area (Å²) in [6.45, 7) is 0.364. The van der Waals surface area contributed by atoms with Gasteiger partial charge in [0.1, 0.15) is 12.1 Å². The van der Waals surface area contributed by atoms with Gasteiger partial charge >= 0.3 is 6.03 Å². The van der Waals surface area contributed by atoms with Gasteiger partial charge in [0.05, 0.1) is 0 Å². The molecule has 138 valence electrons. The van der Waals surface area contributed by atoms with Gasteiger partial charge in [0.2, 0.25) is 11.8 Å². The van der Waals surface area contributed by atoms with Crippen LogP contribution in [0.25, 0.3) is 10.9 Å². The first-order valence-electron chi connectivity index (χ1n) is 8.33. The molecule has 0 radical (unpaired) electrons. The number of piperazine rings is 1. The van der Waals surface area contributed by atoms with Gasteiger partial charge in [0.25, 0.3) is 0 Å². The molecule has 0 bridgehead atoms. The van der Waals surface area contributed by atoms with E-state index in [0.717, 1.165) is 20.9 Å². The molecule has 1 aliphatic rings. The molecule has 2 atom stereocenters. The Labute approximate surface area is 158 Å². The summed E-state index contributed by atoms with van der Waals surface area (Å²) in [7, 11) is 0. The number of aromatic nitrogens is 1. The molecular formula is C17H20BrN5O3. The number of aromatic amines is 1. The first-order valence-corrected chi connectivity index (χ1v) is 9.13. The number of carbonyl (C=O) groups is 3. The quantitative estimate of drug-likeness (QED) is 0.444. The highest BCUT2D eigenvalue weighted by Gasteiger charge is 2.33. The van der Waals surface area contributed by atoms with Gasteiger partial charge in [0, 0.05) is 34.5 Å². The molecular weight excluding hydrogens is 402 g/mol. The van der Waals surface area contributed by atoms with E-state index in [1.54, 1.807) is 0 Å². The maximum Gasteiger partial charge on any atom is 0.312 e. The zero-order valence-corrected chi connectivity index (χ0v) is 15.6. The van der Waals surface area contributed by atoms with Crippen LogP contribution in [-0.4, -0.2) is 41.5 Å². The van der Waals surface area contributed by atoms with Gasteiger partial charge in [-0.1, -0.05) is 22.0 Å². The summed E-state index contributed by atoms with van der Waals surface area (Å²) in [6, 6.07) is 4.08. The van der Waals surface area contributed by atoms with E-state index in [4.69, 9.17) is 5.73 Å². The predicted molar refractivity (Wildman–Crippen MR) is 100 cm³/mol. The molecule has 0 aliphatic carbocycles. The average Bonchev–Trinajstić information content (AvgIpc) is 2.97. The van der Waals surface area contributed by atoms with E-state index in [1.807, 2.05) is 24.4 Å². The Morgan fingerprint density at radius 1 is 1.19 bits per heavy atom. The minimum Gasteiger partial charge on any atom is -0.361 e. The smallest absolute Gasteiger partial charge is 0.312 e. The van der Waals surface area contributed by atoms with Crippen molar-refractivity contribution in [2.75, 3.05) is 6.54 Å². The Kier molecular flexibility index (Phi) is 5.46. The van der Waals surface area contributed by atoms with Gasteiger partial charge in [-0.15, -0.1) is 0 Å². The van der Waals surface area contributed by atoms with Crippen molar-refractivity contribution in [3.63, 3.8) is 0 Å². The van der Waals surface area contributed by atoms with E-state index in [9.17, 15) is 14.4 Å². The van der Waals surface area contributed by atoms with Gasteiger partial charge in [-0.2, -0.15) is 0 Å². The van der Waals surface area contributed by atoms with Crippen LogP contribution in [0.5, 0.6) is 0 Å². The second-order valence-corrected chi connectivity index (χ2v) is 7.18. The van der Waals surface area contributed by atoms with E-state index in [-0.39, 0.29) is 11.8 Å². The van der Waals surface area contributed by atoms with E-state index in [2.05, 4.69) is 36.9 Å². The lowest BCUT2D eigenvalue weighted by atomic mass is 10.00. The maximum absolute atomic E-state index is 12.4. The van der Waals surface area contributed by atoms with Crippen LogP contribution in [0.2, 0.25) is 0 Å². The molecule has 0 saturated carbocycles. The number of primary amides is 1. The van der Waals surface area contributed by atoms with Crippen molar-refractivity contribution in [3.8, 4) is 0 Å². The number of urea groups is 1. The number of H-pyrrole nitrogens is 1. The van der Waals surface area contributed by atoms with Crippen LogP contribution < -0.4 is 21.7 Å². The van der Waals surface area contributed by atoms with Crippen molar-refractivity contribution >= 4 is 44.7 Å². The number of halogens is 1. The predicted octanol–water partition coefficient (Wildman–Crippen LogP) is 0.905. The Morgan fingerprint density at radius 3 is 2.69 bits per heavy atom. The van der Waals surface area contributed by atoms with Crippen LogP contribution in [-0.2, 0) is 16.0 Å². The zero-order valence-electron chi connectivity index (χ0n) is 14.0. The van der Waals surface area contributed by atoms with Crippen molar-refractivity contribution in [2.24, 2.45) is 5.73 Å². The van der Waals surface area contributed by atoms with Crippen LogP contribution in [0.3, 0.4) is 0 Å². The third kappa shape index (κ3) is 4.16. The zero-order chi connectivity index (χ0) is 18.7. The summed E-state index contributed by atoms with van der Waals surface area (Å²) >= 11 is 3.43. The fraction of sp³-hybridized carbons (Fsp3) is 0.353. The Morgan fingerprint density at radius 2 is 1.92 bits per heavy atom. The number of nitrogens with one attached hydrogen (secondary N) is 4. The molecule has 2 aromatic rings. The summed E-state index contributed by atoms with van der Waals surface area (Å²) in [6.07, 6.45) is 3.25. The Hall–Kier alpha value is -2.55. The molecule has 3 rings (SSSR count). The Bertz CT molecular complexity index is 850. The molecule has 6 N–H and O–H groups in total. The molecule has 2 unspecified atom stereocenters. The van der Waals surface area contributed by atoms with Crippen molar-refractivity contribution in [3.05, 3.63) is 34.4 Å². The van der Waals surface area contributed by atoms with Crippen LogP contribution in [0, 0.1) is 0 Å². The first kappa shape index (κ1) is 18.2.